The van der Waals surface area contributed by atoms with Crippen LogP contribution in [-0.4, -0.2) is 41.0 Å². The average Bonchev–Trinajstić information content (AvgIpc) is 3.50. The van der Waals surface area contributed by atoms with Crippen molar-refractivity contribution in [1.82, 2.24) is 33.9 Å². The minimum atomic E-state index is -0.442. The lowest BCUT2D eigenvalue weighted by Gasteiger charge is -2.12. The summed E-state index contributed by atoms with van der Waals surface area (Å²) < 4.78 is 9.72. The van der Waals surface area contributed by atoms with Crippen molar-refractivity contribution in [3.63, 3.8) is 0 Å². The summed E-state index contributed by atoms with van der Waals surface area (Å²) in [7, 11) is 4.64. The lowest BCUT2D eigenvalue weighted by atomic mass is 10.3. The van der Waals surface area contributed by atoms with Gasteiger partial charge in [0.15, 0.2) is 22.1 Å². The van der Waals surface area contributed by atoms with Gasteiger partial charge in [0, 0.05) is 19.8 Å². The minimum absolute atomic E-state index is 0.251. The topological polar surface area (TPSA) is 125 Å². The van der Waals surface area contributed by atoms with E-state index in [2.05, 4.69) is 25.5 Å². The van der Waals surface area contributed by atoms with E-state index in [1.54, 1.807) is 14.2 Å². The molecule has 178 valence electrons. The van der Waals surface area contributed by atoms with Crippen LogP contribution in [0.5, 0.6) is 5.75 Å². The second-order valence-corrected chi connectivity index (χ2v) is 8.63. The number of fused-ring (bicyclic) bond motifs is 1. The predicted octanol–water partition coefficient (Wildman–Crippen LogP) is 2.31. The van der Waals surface area contributed by atoms with Gasteiger partial charge >= 0.3 is 5.69 Å². The van der Waals surface area contributed by atoms with Crippen molar-refractivity contribution < 1.29 is 4.74 Å². The number of aryl methyl sites for hydroxylation is 1. The Labute approximate surface area is 203 Å². The molecule has 5 rings (SSSR count). The molecule has 5 aromatic rings. The second-order valence-electron chi connectivity index (χ2n) is 7.67. The summed E-state index contributed by atoms with van der Waals surface area (Å²) in [5.74, 6) is 1.39. The zero-order valence-corrected chi connectivity index (χ0v) is 20.0. The maximum Gasteiger partial charge on any atom is 0.332 e. The molecule has 0 amide bonds. The summed E-state index contributed by atoms with van der Waals surface area (Å²) in [6.45, 7) is 0.387. The zero-order chi connectivity index (χ0) is 24.5. The number of rotatable bonds is 7. The number of aromatic nitrogens is 7. The van der Waals surface area contributed by atoms with Crippen LogP contribution >= 0.6 is 11.8 Å². The van der Waals surface area contributed by atoms with Gasteiger partial charge in [-0.3, -0.25) is 18.5 Å². The first-order chi connectivity index (χ1) is 17.0. The highest BCUT2D eigenvalue weighted by molar-refractivity contribution is 7.99. The fourth-order valence-electron chi connectivity index (χ4n) is 3.72. The third-order valence-electron chi connectivity index (χ3n) is 5.52. The van der Waals surface area contributed by atoms with Crippen LogP contribution in [0.3, 0.4) is 0 Å². The molecule has 0 unspecified atom stereocenters. The Morgan fingerprint density at radius 1 is 1.00 bits per heavy atom. The third-order valence-corrected chi connectivity index (χ3v) is 6.35. The first kappa shape index (κ1) is 22.5. The Balaban J connectivity index is 1.53. The molecule has 35 heavy (non-hydrogen) atoms. The van der Waals surface area contributed by atoms with E-state index in [0.29, 0.717) is 22.7 Å². The largest absolute Gasteiger partial charge is 0.495 e. The molecule has 12 heteroatoms. The lowest BCUT2D eigenvalue weighted by molar-refractivity contribution is 0.416. The molecule has 0 radical (unpaired) electrons. The number of para-hydroxylation sites is 3. The van der Waals surface area contributed by atoms with E-state index >= 15 is 0 Å². The van der Waals surface area contributed by atoms with Crippen LogP contribution in [0.4, 0.5) is 5.69 Å². The smallest absolute Gasteiger partial charge is 0.332 e. The van der Waals surface area contributed by atoms with Crippen molar-refractivity contribution in [2.24, 2.45) is 14.1 Å². The summed E-state index contributed by atoms with van der Waals surface area (Å²) in [4.78, 5) is 32.3. The van der Waals surface area contributed by atoms with Gasteiger partial charge in [-0.25, -0.2) is 9.78 Å². The number of H-pyrrole nitrogens is 1. The van der Waals surface area contributed by atoms with Gasteiger partial charge in [0.05, 0.1) is 19.3 Å². The van der Waals surface area contributed by atoms with Crippen molar-refractivity contribution in [1.29, 1.82) is 0 Å². The van der Waals surface area contributed by atoms with Crippen LogP contribution in [0, 0.1) is 0 Å². The van der Waals surface area contributed by atoms with Crippen LogP contribution in [0.2, 0.25) is 0 Å². The molecular weight excluding hydrogens is 468 g/mol. The van der Waals surface area contributed by atoms with Gasteiger partial charge in [0.25, 0.3) is 5.56 Å². The summed E-state index contributed by atoms with van der Waals surface area (Å²) in [5.41, 5.74) is 1.36. The number of nitrogens with one attached hydrogen (secondary N) is 2. The number of benzene rings is 2. The number of ether oxygens (including phenoxy) is 1. The molecule has 0 fully saturated rings. The highest BCUT2D eigenvalue weighted by atomic mass is 32.2. The second kappa shape index (κ2) is 9.14. The van der Waals surface area contributed by atoms with Crippen molar-refractivity contribution in [3.8, 4) is 11.4 Å². The van der Waals surface area contributed by atoms with Crippen molar-refractivity contribution in [3.05, 3.63) is 81.3 Å². The molecule has 2 aromatic carbocycles. The van der Waals surface area contributed by atoms with E-state index < -0.39 is 11.2 Å². The number of aromatic amines is 1. The average molecular weight is 491 g/mol. The van der Waals surface area contributed by atoms with Crippen molar-refractivity contribution in [2.45, 2.75) is 16.9 Å². The summed E-state index contributed by atoms with van der Waals surface area (Å²) in [6, 6.07) is 17.3. The van der Waals surface area contributed by atoms with Crippen molar-refractivity contribution in [2.75, 3.05) is 12.4 Å². The van der Waals surface area contributed by atoms with Gasteiger partial charge in [0.2, 0.25) is 5.16 Å². The highest BCUT2D eigenvalue weighted by Gasteiger charge is 2.19. The molecule has 3 aromatic heterocycles. The van der Waals surface area contributed by atoms with Crippen LogP contribution in [0.15, 0.2) is 74.5 Å². The molecule has 0 aliphatic carbocycles. The summed E-state index contributed by atoms with van der Waals surface area (Å²) >= 11 is 1.22. The number of anilines is 1. The number of methoxy groups -OCH3 is 1. The zero-order valence-electron chi connectivity index (χ0n) is 19.2. The monoisotopic (exact) mass is 490 g/mol. The first-order valence-electron chi connectivity index (χ1n) is 10.7. The lowest BCUT2D eigenvalue weighted by Crippen LogP contribution is -2.36. The van der Waals surface area contributed by atoms with E-state index in [1.165, 1.54) is 23.4 Å². The van der Waals surface area contributed by atoms with Gasteiger partial charge in [-0.1, -0.05) is 30.3 Å². The van der Waals surface area contributed by atoms with Crippen LogP contribution < -0.4 is 21.3 Å². The number of hydrogen-bond acceptors (Lipinski definition) is 8. The van der Waals surface area contributed by atoms with E-state index in [9.17, 15) is 9.59 Å². The Hall–Kier alpha value is -4.32. The molecule has 0 saturated carbocycles. The normalized spacial score (nSPS) is 11.2. The molecular formula is C23H22N8O3S. The summed E-state index contributed by atoms with van der Waals surface area (Å²) in [6.07, 6.45) is 0. The fraction of sp³-hybridized carbons (Fsp3) is 0.174. The third kappa shape index (κ3) is 4.08. The minimum Gasteiger partial charge on any atom is -0.495 e. The van der Waals surface area contributed by atoms with Gasteiger partial charge in [-0.2, -0.15) is 0 Å². The number of imidazole rings is 1. The maximum absolute atomic E-state index is 12.5. The Morgan fingerprint density at radius 3 is 2.51 bits per heavy atom. The fourth-order valence-corrected chi connectivity index (χ4v) is 4.56. The molecule has 2 N–H and O–H groups in total. The molecule has 0 saturated heterocycles. The quantitative estimate of drug-likeness (QED) is 0.356. The van der Waals surface area contributed by atoms with Crippen molar-refractivity contribution >= 4 is 28.6 Å². The SMILES string of the molecule is COc1ccccc1NCc1nnc(Sc2nc3c([nH]2)c(=O)n(C)c(=O)n3C)n1-c1ccccc1. The van der Waals surface area contributed by atoms with Gasteiger partial charge in [-0.15, -0.1) is 10.2 Å². The predicted molar refractivity (Wildman–Crippen MR) is 132 cm³/mol. The van der Waals surface area contributed by atoms with Crippen LogP contribution in [0.1, 0.15) is 5.82 Å². The molecule has 0 aliphatic rings. The Kier molecular flexibility index (Phi) is 5.87. The standard InChI is InChI=1S/C23H22N8O3S/c1-29-19-18(20(32)30(2)23(29)33)25-21(26-19)35-22-28-27-17(31(22)14-9-5-4-6-10-14)13-24-15-11-7-8-12-16(15)34-3/h4-12,24H,13H2,1-3H3,(H,25,26). The van der Waals surface area contributed by atoms with E-state index in [0.717, 1.165) is 21.7 Å². The Morgan fingerprint density at radius 2 is 1.74 bits per heavy atom. The van der Waals surface area contributed by atoms with Crippen LogP contribution in [-0.2, 0) is 20.6 Å². The van der Waals surface area contributed by atoms with Crippen LogP contribution in [0.25, 0.3) is 16.9 Å². The molecule has 3 heterocycles. The molecule has 0 spiro atoms. The van der Waals surface area contributed by atoms with Gasteiger partial charge in [0.1, 0.15) is 5.75 Å². The van der Waals surface area contributed by atoms with Gasteiger partial charge < -0.3 is 15.0 Å². The number of nitrogens with zero attached hydrogens (tertiary/aromatic N) is 6. The molecule has 0 atom stereocenters. The highest BCUT2D eigenvalue weighted by Crippen LogP contribution is 2.29. The Bertz CT molecular complexity index is 1630. The molecule has 11 nitrogen and oxygen atoms in total. The maximum atomic E-state index is 12.5. The van der Waals surface area contributed by atoms with Gasteiger partial charge in [-0.05, 0) is 36.0 Å². The van der Waals surface area contributed by atoms with E-state index in [-0.39, 0.29) is 11.2 Å². The molecule has 0 bridgehead atoms. The summed E-state index contributed by atoms with van der Waals surface area (Å²) in [5, 5.41) is 13.1. The molecule has 0 aliphatic heterocycles. The van der Waals surface area contributed by atoms with E-state index in [4.69, 9.17) is 4.74 Å². The number of hydrogen-bond donors (Lipinski definition) is 2. The van der Waals surface area contributed by atoms with E-state index in [1.807, 2.05) is 59.2 Å². The first-order valence-corrected chi connectivity index (χ1v) is 11.5.